The molecule has 5 nitrogen and oxygen atoms in total. The van der Waals surface area contributed by atoms with Crippen LogP contribution in [0.4, 0.5) is 13.2 Å². The normalized spacial score (nSPS) is 11.6. The van der Waals surface area contributed by atoms with Crippen LogP contribution in [0, 0.1) is 13.8 Å². The molecule has 1 heterocycles. The van der Waals surface area contributed by atoms with E-state index in [9.17, 15) is 18.0 Å². The summed E-state index contributed by atoms with van der Waals surface area (Å²) in [4.78, 5) is 13.2. The number of rotatable bonds is 6. The van der Waals surface area contributed by atoms with Gasteiger partial charge in [0.15, 0.2) is 0 Å². The molecule has 3 aromatic rings. The minimum atomic E-state index is -4.38. The number of thioether (sulfide) groups is 1. The van der Waals surface area contributed by atoms with Gasteiger partial charge in [-0.3, -0.25) is 4.79 Å². The second kappa shape index (κ2) is 8.28. The average Bonchev–Trinajstić information content (AvgIpc) is 3.02. The highest BCUT2D eigenvalue weighted by molar-refractivity contribution is 7.98. The molecule has 9 heteroatoms. The van der Waals surface area contributed by atoms with Gasteiger partial charge in [-0.1, -0.05) is 6.07 Å². The maximum absolute atomic E-state index is 12.7. The van der Waals surface area contributed by atoms with Gasteiger partial charge in [-0.2, -0.15) is 28.2 Å². The van der Waals surface area contributed by atoms with E-state index in [4.69, 9.17) is 5.11 Å². The summed E-state index contributed by atoms with van der Waals surface area (Å²) in [5, 5.41) is 17.6. The average molecular weight is 421 g/mol. The Kier molecular flexibility index (Phi) is 5.97. The van der Waals surface area contributed by atoms with E-state index >= 15 is 0 Å². The van der Waals surface area contributed by atoms with E-state index in [2.05, 4.69) is 10.2 Å². The number of carbonyl (C=O) groups is 1. The molecule has 0 aliphatic carbocycles. The molecule has 0 bridgehead atoms. The van der Waals surface area contributed by atoms with Gasteiger partial charge >= 0.3 is 12.1 Å². The lowest BCUT2D eigenvalue weighted by Crippen LogP contribution is -2.06. The standard InChI is InChI=1S/C20H18F3N3O2S/c1-12-9-17(8-3-14(12)10-19(27)28)29-11-18-13(2)24-26(25-18)16-6-4-15(5-7-16)20(21,22)23/h3-9H,10-11H2,1-2H3,(H,27,28). The predicted octanol–water partition coefficient (Wildman–Crippen LogP) is 4.82. The maximum Gasteiger partial charge on any atom is 0.416 e. The highest BCUT2D eigenvalue weighted by Gasteiger charge is 2.30. The Morgan fingerprint density at radius 1 is 1.10 bits per heavy atom. The van der Waals surface area contributed by atoms with E-state index in [-0.39, 0.29) is 6.42 Å². The molecular weight excluding hydrogens is 403 g/mol. The topological polar surface area (TPSA) is 68.0 Å². The van der Waals surface area contributed by atoms with Crippen molar-refractivity contribution in [1.82, 2.24) is 15.0 Å². The minimum Gasteiger partial charge on any atom is -0.481 e. The third kappa shape index (κ3) is 5.17. The number of carboxylic acids is 1. The molecule has 0 spiro atoms. The number of halogens is 3. The van der Waals surface area contributed by atoms with Crippen molar-refractivity contribution in [3.63, 3.8) is 0 Å². The lowest BCUT2D eigenvalue weighted by atomic mass is 10.1. The van der Waals surface area contributed by atoms with Crippen molar-refractivity contribution < 1.29 is 23.1 Å². The van der Waals surface area contributed by atoms with Crippen molar-refractivity contribution in [1.29, 1.82) is 0 Å². The summed E-state index contributed by atoms with van der Waals surface area (Å²) >= 11 is 1.53. The van der Waals surface area contributed by atoms with Crippen LogP contribution in [0.15, 0.2) is 47.4 Å². The van der Waals surface area contributed by atoms with Crippen molar-refractivity contribution in [3.05, 3.63) is 70.5 Å². The van der Waals surface area contributed by atoms with Crippen LogP contribution in [0.2, 0.25) is 0 Å². The molecule has 0 unspecified atom stereocenters. The number of hydrogen-bond donors (Lipinski definition) is 1. The Morgan fingerprint density at radius 2 is 1.79 bits per heavy atom. The molecule has 2 aromatic carbocycles. The number of alkyl halides is 3. The maximum atomic E-state index is 12.7. The summed E-state index contributed by atoms with van der Waals surface area (Å²) in [5.41, 5.74) is 2.82. The van der Waals surface area contributed by atoms with Crippen LogP contribution in [-0.4, -0.2) is 26.1 Å². The van der Waals surface area contributed by atoms with Crippen molar-refractivity contribution in [2.45, 2.75) is 37.1 Å². The third-order valence-electron chi connectivity index (χ3n) is 4.33. The fraction of sp³-hybridized carbons (Fsp3) is 0.250. The van der Waals surface area contributed by atoms with Crippen LogP contribution in [0.1, 0.15) is 28.1 Å². The highest BCUT2D eigenvalue weighted by Crippen LogP contribution is 2.30. The van der Waals surface area contributed by atoms with Gasteiger partial charge in [0.2, 0.25) is 0 Å². The van der Waals surface area contributed by atoms with Crippen molar-refractivity contribution >= 4 is 17.7 Å². The van der Waals surface area contributed by atoms with E-state index in [0.717, 1.165) is 33.8 Å². The van der Waals surface area contributed by atoms with Crippen LogP contribution in [0.3, 0.4) is 0 Å². The first-order chi connectivity index (χ1) is 13.6. The summed E-state index contributed by atoms with van der Waals surface area (Å²) in [7, 11) is 0. The number of hydrogen-bond acceptors (Lipinski definition) is 4. The van der Waals surface area contributed by atoms with E-state index < -0.39 is 17.7 Å². The van der Waals surface area contributed by atoms with Crippen molar-refractivity contribution in [3.8, 4) is 5.69 Å². The smallest absolute Gasteiger partial charge is 0.416 e. The lowest BCUT2D eigenvalue weighted by molar-refractivity contribution is -0.138. The van der Waals surface area contributed by atoms with Crippen LogP contribution < -0.4 is 0 Å². The Labute approximate surface area is 169 Å². The molecule has 0 amide bonds. The zero-order valence-corrected chi connectivity index (χ0v) is 16.5. The van der Waals surface area contributed by atoms with Crippen molar-refractivity contribution in [2.24, 2.45) is 0 Å². The van der Waals surface area contributed by atoms with E-state index in [0.29, 0.717) is 17.1 Å². The number of aliphatic carboxylic acids is 1. The first-order valence-electron chi connectivity index (χ1n) is 8.68. The van der Waals surface area contributed by atoms with Gasteiger partial charge in [0, 0.05) is 10.6 Å². The summed E-state index contributed by atoms with van der Waals surface area (Å²) < 4.78 is 38.1. The molecule has 0 atom stereocenters. The number of aryl methyl sites for hydroxylation is 2. The molecule has 0 aliphatic heterocycles. The summed E-state index contributed by atoms with van der Waals surface area (Å²) in [5.74, 6) is -0.339. The molecule has 0 saturated heterocycles. The van der Waals surface area contributed by atoms with Crippen molar-refractivity contribution in [2.75, 3.05) is 0 Å². The number of aromatic nitrogens is 3. The molecule has 1 N–H and O–H groups in total. The van der Waals surface area contributed by atoms with Crippen LogP contribution >= 0.6 is 11.8 Å². The van der Waals surface area contributed by atoms with E-state index in [1.165, 1.54) is 28.7 Å². The first kappa shape index (κ1) is 20.9. The molecule has 152 valence electrons. The molecule has 1 aromatic heterocycles. The monoisotopic (exact) mass is 421 g/mol. The molecular formula is C20H18F3N3O2S. The van der Waals surface area contributed by atoms with Gasteiger partial charge in [-0.25, -0.2) is 0 Å². The summed E-state index contributed by atoms with van der Waals surface area (Å²) in [6.45, 7) is 3.67. The molecule has 0 radical (unpaired) electrons. The zero-order valence-electron chi connectivity index (χ0n) is 15.7. The van der Waals surface area contributed by atoms with E-state index in [1.54, 1.807) is 13.0 Å². The Hall–Kier alpha value is -2.81. The third-order valence-corrected chi connectivity index (χ3v) is 5.34. The second-order valence-corrected chi connectivity index (χ2v) is 7.56. The summed E-state index contributed by atoms with van der Waals surface area (Å²) in [6, 6.07) is 10.3. The predicted molar refractivity (Wildman–Crippen MR) is 103 cm³/mol. The SMILES string of the molecule is Cc1cc(SCc2nn(-c3ccc(C(F)(F)F)cc3)nc2C)ccc1CC(=O)O. The second-order valence-electron chi connectivity index (χ2n) is 6.51. The molecule has 3 rings (SSSR count). The Balaban J connectivity index is 1.71. The fourth-order valence-corrected chi connectivity index (χ4v) is 3.71. The zero-order chi connectivity index (χ0) is 21.2. The molecule has 0 aliphatic rings. The van der Waals surface area contributed by atoms with E-state index in [1.807, 2.05) is 19.1 Å². The number of carboxylic acid groups (broad SMARTS) is 1. The van der Waals surface area contributed by atoms with Crippen LogP contribution in [-0.2, 0) is 23.1 Å². The summed E-state index contributed by atoms with van der Waals surface area (Å²) in [6.07, 6.45) is -4.40. The fourth-order valence-electron chi connectivity index (χ4n) is 2.71. The molecule has 0 fully saturated rings. The Morgan fingerprint density at radius 3 is 2.38 bits per heavy atom. The first-order valence-corrected chi connectivity index (χ1v) is 9.66. The van der Waals surface area contributed by atoms with Gasteiger partial charge in [-0.15, -0.1) is 11.8 Å². The Bertz CT molecular complexity index is 1030. The van der Waals surface area contributed by atoms with Gasteiger partial charge < -0.3 is 5.11 Å². The van der Waals surface area contributed by atoms with Gasteiger partial charge in [0.25, 0.3) is 0 Å². The number of benzene rings is 2. The van der Waals surface area contributed by atoms with Crippen LogP contribution in [0.25, 0.3) is 5.69 Å². The number of nitrogens with zero attached hydrogens (tertiary/aromatic N) is 3. The van der Waals surface area contributed by atoms with Crippen LogP contribution in [0.5, 0.6) is 0 Å². The van der Waals surface area contributed by atoms with Gasteiger partial charge in [0.05, 0.1) is 29.1 Å². The highest BCUT2D eigenvalue weighted by atomic mass is 32.2. The quantitative estimate of drug-likeness (QED) is 0.578. The minimum absolute atomic E-state index is 0.0165. The largest absolute Gasteiger partial charge is 0.481 e. The molecule has 29 heavy (non-hydrogen) atoms. The lowest BCUT2D eigenvalue weighted by Gasteiger charge is -2.07. The van der Waals surface area contributed by atoms with Gasteiger partial charge in [-0.05, 0) is 61.4 Å². The van der Waals surface area contributed by atoms with Gasteiger partial charge in [0.1, 0.15) is 0 Å². The molecule has 0 saturated carbocycles.